The normalized spacial score (nSPS) is 15.5. The molecule has 5 aromatic rings. The number of methoxy groups -OCH3 is 1. The van der Waals surface area contributed by atoms with Gasteiger partial charge in [0.15, 0.2) is 0 Å². The number of halogens is 1. The molecule has 284 valence electrons. The molecule has 14 heteroatoms. The van der Waals surface area contributed by atoms with E-state index in [4.69, 9.17) is 16.3 Å². The van der Waals surface area contributed by atoms with Gasteiger partial charge in [-0.3, -0.25) is 19.8 Å². The van der Waals surface area contributed by atoms with Gasteiger partial charge in [0.25, 0.3) is 21.6 Å². The summed E-state index contributed by atoms with van der Waals surface area (Å²) < 4.78 is 34.1. The second kappa shape index (κ2) is 16.7. The molecular formula is C41H40ClN5O6S2. The van der Waals surface area contributed by atoms with Crippen LogP contribution >= 0.6 is 23.4 Å². The van der Waals surface area contributed by atoms with Gasteiger partial charge in [-0.05, 0) is 89.7 Å². The number of para-hydroxylation sites is 1. The minimum atomic E-state index is -4.42. The molecule has 0 aromatic heterocycles. The molecule has 55 heavy (non-hydrogen) atoms. The number of piperazine rings is 1. The van der Waals surface area contributed by atoms with Crippen molar-refractivity contribution in [1.29, 1.82) is 0 Å². The molecule has 0 radical (unpaired) electrons. The minimum absolute atomic E-state index is 0.174. The van der Waals surface area contributed by atoms with E-state index >= 15 is 0 Å². The highest BCUT2D eigenvalue weighted by Crippen LogP contribution is 2.35. The van der Waals surface area contributed by atoms with E-state index in [2.05, 4.69) is 56.2 Å². The van der Waals surface area contributed by atoms with E-state index in [1.165, 1.54) is 35.0 Å². The molecule has 1 saturated heterocycles. The lowest BCUT2D eigenvalue weighted by atomic mass is 9.92. The van der Waals surface area contributed by atoms with E-state index in [0.29, 0.717) is 23.4 Å². The van der Waals surface area contributed by atoms with Crippen molar-refractivity contribution in [2.45, 2.75) is 35.2 Å². The Morgan fingerprint density at radius 2 is 1.76 bits per heavy atom. The lowest BCUT2D eigenvalue weighted by Gasteiger charge is -2.46. The molecular weight excluding hydrogens is 758 g/mol. The molecule has 11 nitrogen and oxygen atoms in total. The highest BCUT2D eigenvalue weighted by Gasteiger charge is 2.33. The van der Waals surface area contributed by atoms with Gasteiger partial charge in [-0.2, -0.15) is 0 Å². The summed E-state index contributed by atoms with van der Waals surface area (Å²) in [6, 6.07) is 33.1. The second-order valence-corrected chi connectivity index (χ2v) is 16.7. The number of fused-ring (bicyclic) bond motifs is 3. The van der Waals surface area contributed by atoms with Crippen LogP contribution in [0.4, 0.5) is 17.1 Å². The van der Waals surface area contributed by atoms with Crippen LogP contribution in [0.3, 0.4) is 0 Å². The zero-order valence-corrected chi connectivity index (χ0v) is 32.5. The molecule has 0 bridgehead atoms. The summed E-state index contributed by atoms with van der Waals surface area (Å²) in [4.78, 5) is 30.1. The van der Waals surface area contributed by atoms with Crippen LogP contribution in [0.15, 0.2) is 119 Å². The number of sulfonamides is 1. The highest BCUT2D eigenvalue weighted by atomic mass is 35.5. The predicted molar refractivity (Wildman–Crippen MR) is 218 cm³/mol. The van der Waals surface area contributed by atoms with Crippen LogP contribution in [0, 0.1) is 10.1 Å². The van der Waals surface area contributed by atoms with Crippen molar-refractivity contribution in [3.8, 4) is 16.9 Å². The Morgan fingerprint density at radius 1 is 0.982 bits per heavy atom. The summed E-state index contributed by atoms with van der Waals surface area (Å²) in [5.41, 5.74) is 5.60. The van der Waals surface area contributed by atoms with E-state index in [0.717, 1.165) is 72.5 Å². The zero-order valence-electron chi connectivity index (χ0n) is 30.1. The number of amides is 1. The van der Waals surface area contributed by atoms with Gasteiger partial charge < -0.3 is 15.0 Å². The number of thioether (sulfide) groups is 1. The largest absolute Gasteiger partial charge is 0.496 e. The van der Waals surface area contributed by atoms with Gasteiger partial charge in [0.1, 0.15) is 11.4 Å². The average Bonchev–Trinajstić information content (AvgIpc) is 3.19. The molecule has 2 aliphatic heterocycles. The van der Waals surface area contributed by atoms with Gasteiger partial charge in [0, 0.05) is 71.8 Å². The summed E-state index contributed by atoms with van der Waals surface area (Å²) in [6.45, 7) is 3.80. The first-order valence-corrected chi connectivity index (χ1v) is 20.8. The maximum absolute atomic E-state index is 13.3. The van der Waals surface area contributed by atoms with E-state index < -0.39 is 26.5 Å². The Morgan fingerprint density at radius 3 is 2.56 bits per heavy atom. The Kier molecular flexibility index (Phi) is 11.6. The number of hydrogen-bond acceptors (Lipinski definition) is 10. The number of benzene rings is 5. The first-order valence-electron chi connectivity index (χ1n) is 17.9. The molecule has 0 spiro atoms. The summed E-state index contributed by atoms with van der Waals surface area (Å²) in [5.74, 6) is 0.511. The van der Waals surface area contributed by atoms with Crippen LogP contribution in [0.2, 0.25) is 5.02 Å². The van der Waals surface area contributed by atoms with Gasteiger partial charge in [-0.1, -0.05) is 60.1 Å². The number of carbonyl (C=O) groups is 1. The van der Waals surface area contributed by atoms with Crippen LogP contribution in [-0.2, 0) is 23.0 Å². The van der Waals surface area contributed by atoms with Crippen LogP contribution < -0.4 is 19.7 Å². The maximum Gasteiger partial charge on any atom is 0.293 e. The van der Waals surface area contributed by atoms with E-state index in [1.807, 2.05) is 42.5 Å². The van der Waals surface area contributed by atoms with Gasteiger partial charge in [-0.25, -0.2) is 13.1 Å². The van der Waals surface area contributed by atoms with Crippen LogP contribution in [0.1, 0.15) is 27.9 Å². The van der Waals surface area contributed by atoms with Crippen molar-refractivity contribution in [2.75, 3.05) is 49.3 Å². The smallest absolute Gasteiger partial charge is 0.293 e. The molecule has 1 amide bonds. The average molecular weight is 798 g/mol. The topological polar surface area (TPSA) is 134 Å². The van der Waals surface area contributed by atoms with E-state index in [1.54, 1.807) is 19.2 Å². The van der Waals surface area contributed by atoms with Gasteiger partial charge >= 0.3 is 0 Å². The summed E-state index contributed by atoms with van der Waals surface area (Å²) >= 11 is 7.66. The number of nitrogens with zero attached hydrogens (tertiary/aromatic N) is 3. The number of nitro benzene ring substituents is 1. The minimum Gasteiger partial charge on any atom is -0.496 e. The number of ether oxygens (including phenoxy) is 1. The molecule has 1 fully saturated rings. The Labute approximate surface area is 329 Å². The Bertz CT molecular complexity index is 2330. The van der Waals surface area contributed by atoms with Gasteiger partial charge in [-0.15, -0.1) is 11.8 Å². The van der Waals surface area contributed by atoms with Crippen LogP contribution in [-0.4, -0.2) is 69.2 Å². The van der Waals surface area contributed by atoms with Crippen molar-refractivity contribution >= 4 is 56.4 Å². The maximum atomic E-state index is 13.3. The Balaban J connectivity index is 0.973. The fourth-order valence-electron chi connectivity index (χ4n) is 7.27. The highest BCUT2D eigenvalue weighted by molar-refractivity contribution is 7.99. The summed E-state index contributed by atoms with van der Waals surface area (Å²) in [7, 11) is -2.82. The number of rotatable bonds is 13. The number of anilines is 2. The molecule has 0 saturated carbocycles. The zero-order chi connectivity index (χ0) is 38.5. The molecule has 5 aromatic carbocycles. The second-order valence-electron chi connectivity index (χ2n) is 13.4. The van der Waals surface area contributed by atoms with Crippen molar-refractivity contribution in [1.82, 2.24) is 9.62 Å². The monoisotopic (exact) mass is 797 g/mol. The molecule has 0 aliphatic carbocycles. The molecule has 1 atom stereocenters. The lowest BCUT2D eigenvalue weighted by molar-refractivity contribution is -0.384. The third-order valence-corrected chi connectivity index (χ3v) is 12.6. The first kappa shape index (κ1) is 38.2. The number of hydrogen-bond donors (Lipinski definition) is 2. The van der Waals surface area contributed by atoms with E-state index in [9.17, 15) is 23.3 Å². The molecule has 0 unspecified atom stereocenters. The third kappa shape index (κ3) is 8.75. The number of aryl methyl sites for hydroxylation is 1. The number of nitrogens with one attached hydrogen (secondary N) is 2. The first-order chi connectivity index (χ1) is 26.6. The third-order valence-electron chi connectivity index (χ3n) is 9.98. The SMILES string of the molecule is COc1ccccc1SCCNc1ccc(S(=O)(=O)NC(=O)c2ccc3c(c2)CC[C@H]2CN(Cc4ccccc4-c4ccc(Cl)cc4)CCN32)cc1[N+](=O)[O-]. The number of nitro groups is 1. The van der Waals surface area contributed by atoms with Crippen molar-refractivity contribution in [3.05, 3.63) is 141 Å². The van der Waals surface area contributed by atoms with Crippen LogP contribution in [0.5, 0.6) is 5.75 Å². The fraction of sp³-hybridized carbons (Fsp3) is 0.244. The predicted octanol–water partition coefficient (Wildman–Crippen LogP) is 7.88. The standard InChI is InChI=1S/C41H40ClN5O6S2/c1-53-39-8-4-5-9-40(39)54-23-20-43-36-18-17-34(25-38(36)47(49)50)55(51,52)44-41(48)30-13-19-37-29(24-30)12-16-33-27-45(21-22-46(33)37)26-31-6-2-3-7-35(31)28-10-14-32(42)15-11-28/h2-11,13-15,17-19,24-25,33,43H,12,16,20-23,26-27H2,1H3,(H,44,48)/t33-/m0/s1. The summed E-state index contributed by atoms with van der Waals surface area (Å²) in [6.07, 6.45) is 1.65. The molecule has 2 aliphatic rings. The quantitative estimate of drug-likeness (QED) is 0.0525. The number of carbonyl (C=O) groups excluding carboxylic acids is 1. The van der Waals surface area contributed by atoms with E-state index in [-0.39, 0.29) is 16.1 Å². The molecule has 2 N–H and O–H groups in total. The fourth-order valence-corrected chi connectivity index (χ4v) is 9.28. The van der Waals surface area contributed by atoms with Crippen molar-refractivity contribution in [3.63, 3.8) is 0 Å². The molecule has 7 rings (SSSR count). The molecule has 2 heterocycles. The van der Waals surface area contributed by atoms with Crippen LogP contribution in [0.25, 0.3) is 11.1 Å². The summed E-state index contributed by atoms with van der Waals surface area (Å²) in [5, 5.41) is 15.7. The Hall–Kier alpha value is -5.08. The lowest BCUT2D eigenvalue weighted by Crippen LogP contribution is -2.54. The van der Waals surface area contributed by atoms with Gasteiger partial charge in [0.05, 0.1) is 16.9 Å². The van der Waals surface area contributed by atoms with Gasteiger partial charge in [0.2, 0.25) is 0 Å². The van der Waals surface area contributed by atoms with Crippen molar-refractivity contribution < 1.29 is 22.9 Å². The van der Waals surface area contributed by atoms with Crippen molar-refractivity contribution in [2.24, 2.45) is 0 Å².